The highest BCUT2D eigenvalue weighted by Crippen LogP contribution is 2.37. The number of hydrogen-bond acceptors (Lipinski definition) is 5. The molecule has 0 radical (unpaired) electrons. The first-order valence-electron chi connectivity index (χ1n) is 7.74. The molecule has 3 rings (SSSR count). The van der Waals surface area contributed by atoms with Gasteiger partial charge in [-0.3, -0.25) is 0 Å². The van der Waals surface area contributed by atoms with Crippen molar-refractivity contribution >= 4 is 27.8 Å². The Bertz CT molecular complexity index is 535. The smallest absolute Gasteiger partial charge is 0.186 e. The molecule has 1 fully saturated rings. The molecule has 0 spiro atoms. The van der Waals surface area contributed by atoms with E-state index >= 15 is 0 Å². The number of aromatic nitrogens is 1. The molecule has 21 heavy (non-hydrogen) atoms. The predicted molar refractivity (Wildman–Crippen MR) is 92.4 cm³/mol. The third kappa shape index (κ3) is 3.65. The minimum Gasteiger partial charge on any atom is -0.340 e. The van der Waals surface area contributed by atoms with Gasteiger partial charge in [-0.2, -0.15) is 0 Å². The maximum absolute atomic E-state index is 4.97. The fourth-order valence-corrected chi connectivity index (χ4v) is 4.42. The number of rotatable bonds is 8. The zero-order valence-electron chi connectivity index (χ0n) is 12.8. The van der Waals surface area contributed by atoms with Crippen LogP contribution in [0.15, 0.2) is 17.5 Å². The van der Waals surface area contributed by atoms with Gasteiger partial charge in [0.2, 0.25) is 0 Å². The average Bonchev–Trinajstić information content (AvgIpc) is 3.04. The molecule has 1 aliphatic carbocycles. The van der Waals surface area contributed by atoms with Crippen molar-refractivity contribution in [2.24, 2.45) is 0 Å². The highest BCUT2D eigenvalue weighted by Gasteiger charge is 2.31. The highest BCUT2D eigenvalue weighted by atomic mass is 32.1. The summed E-state index contributed by atoms with van der Waals surface area (Å²) in [6.07, 6.45) is 4.88. The fraction of sp³-hybridized carbons (Fsp3) is 0.562. The Morgan fingerprint density at radius 2 is 2.29 bits per heavy atom. The molecule has 5 heteroatoms. The van der Waals surface area contributed by atoms with Gasteiger partial charge in [0.15, 0.2) is 5.13 Å². The Morgan fingerprint density at radius 1 is 1.43 bits per heavy atom. The molecular weight excluding hydrogens is 298 g/mol. The van der Waals surface area contributed by atoms with E-state index in [9.17, 15) is 0 Å². The van der Waals surface area contributed by atoms with Crippen LogP contribution in [0.4, 0.5) is 5.13 Å². The standard InChI is InChI=1S/C16H23N3S2/c1-3-5-14-15(10-17-2)21-16(18-14)19(12-7-8-12)11-13-6-4-9-20-13/h4,6,9,12,17H,3,5,7-8,10-11H2,1-2H3. The fourth-order valence-electron chi connectivity index (χ4n) is 2.53. The normalized spacial score (nSPS) is 14.6. The molecule has 2 heterocycles. The van der Waals surface area contributed by atoms with E-state index in [2.05, 4.69) is 34.7 Å². The van der Waals surface area contributed by atoms with E-state index in [1.807, 2.05) is 29.7 Å². The van der Waals surface area contributed by atoms with Gasteiger partial charge in [-0.15, -0.1) is 22.7 Å². The second-order valence-corrected chi connectivity index (χ2v) is 7.68. The van der Waals surface area contributed by atoms with E-state index in [4.69, 9.17) is 4.98 Å². The average molecular weight is 322 g/mol. The monoisotopic (exact) mass is 321 g/mol. The van der Waals surface area contributed by atoms with Crippen LogP contribution in [0.2, 0.25) is 0 Å². The molecule has 0 saturated heterocycles. The first kappa shape index (κ1) is 15.0. The van der Waals surface area contributed by atoms with Crippen LogP contribution in [0.25, 0.3) is 0 Å². The lowest BCUT2D eigenvalue weighted by Crippen LogP contribution is -2.24. The van der Waals surface area contributed by atoms with Gasteiger partial charge in [0.25, 0.3) is 0 Å². The quantitative estimate of drug-likeness (QED) is 0.795. The summed E-state index contributed by atoms with van der Waals surface area (Å²) in [5.74, 6) is 0. The van der Waals surface area contributed by atoms with Gasteiger partial charge in [-0.05, 0) is 37.8 Å². The summed E-state index contributed by atoms with van der Waals surface area (Å²) >= 11 is 3.72. The number of thiophene rings is 1. The summed E-state index contributed by atoms with van der Waals surface area (Å²) in [5, 5.41) is 6.67. The minimum absolute atomic E-state index is 0.704. The Balaban J connectivity index is 1.83. The number of thiazole rings is 1. The van der Waals surface area contributed by atoms with E-state index in [1.54, 1.807) is 0 Å². The zero-order valence-corrected chi connectivity index (χ0v) is 14.4. The van der Waals surface area contributed by atoms with Gasteiger partial charge < -0.3 is 10.2 Å². The van der Waals surface area contributed by atoms with Crippen molar-refractivity contribution < 1.29 is 0 Å². The van der Waals surface area contributed by atoms with Gasteiger partial charge in [-0.1, -0.05) is 19.4 Å². The Labute approximate surface area is 135 Å². The zero-order chi connectivity index (χ0) is 14.7. The first-order chi connectivity index (χ1) is 10.3. The lowest BCUT2D eigenvalue weighted by molar-refractivity contribution is 0.780. The van der Waals surface area contributed by atoms with E-state index in [1.165, 1.54) is 33.4 Å². The van der Waals surface area contributed by atoms with Crippen molar-refractivity contribution in [1.82, 2.24) is 10.3 Å². The number of nitrogens with one attached hydrogen (secondary N) is 1. The Morgan fingerprint density at radius 3 is 2.90 bits per heavy atom. The number of nitrogens with zero attached hydrogens (tertiary/aromatic N) is 2. The van der Waals surface area contributed by atoms with E-state index in [0.717, 1.165) is 25.9 Å². The third-order valence-corrected chi connectivity index (χ3v) is 5.73. The molecule has 1 N–H and O–H groups in total. The molecule has 0 unspecified atom stereocenters. The maximum Gasteiger partial charge on any atom is 0.186 e. The summed E-state index contributed by atoms with van der Waals surface area (Å²) in [4.78, 5) is 10.3. The molecule has 3 nitrogen and oxygen atoms in total. The van der Waals surface area contributed by atoms with Crippen LogP contribution in [0, 0.1) is 0 Å². The van der Waals surface area contributed by atoms with Crippen LogP contribution < -0.4 is 10.2 Å². The molecule has 0 atom stereocenters. The molecule has 114 valence electrons. The van der Waals surface area contributed by atoms with Crippen LogP contribution in [0.3, 0.4) is 0 Å². The molecule has 1 aliphatic rings. The van der Waals surface area contributed by atoms with Gasteiger partial charge >= 0.3 is 0 Å². The second kappa shape index (κ2) is 6.90. The lowest BCUT2D eigenvalue weighted by atomic mass is 10.2. The molecule has 0 bridgehead atoms. The van der Waals surface area contributed by atoms with Crippen molar-refractivity contribution in [3.8, 4) is 0 Å². The maximum atomic E-state index is 4.97. The summed E-state index contributed by atoms with van der Waals surface area (Å²) in [6.45, 7) is 4.18. The number of anilines is 1. The van der Waals surface area contributed by atoms with Crippen LogP contribution in [-0.4, -0.2) is 18.1 Å². The van der Waals surface area contributed by atoms with Crippen molar-refractivity contribution in [2.75, 3.05) is 11.9 Å². The molecule has 0 amide bonds. The summed E-state index contributed by atoms with van der Waals surface area (Å²) in [7, 11) is 2.01. The van der Waals surface area contributed by atoms with Crippen molar-refractivity contribution in [3.63, 3.8) is 0 Å². The first-order valence-corrected chi connectivity index (χ1v) is 9.43. The molecule has 2 aromatic heterocycles. The van der Waals surface area contributed by atoms with Gasteiger partial charge in [0.1, 0.15) is 0 Å². The van der Waals surface area contributed by atoms with Crippen molar-refractivity contribution in [3.05, 3.63) is 33.0 Å². The van der Waals surface area contributed by atoms with Gasteiger partial charge in [0.05, 0.1) is 12.2 Å². The SMILES string of the molecule is CCCc1nc(N(Cc2cccs2)C2CC2)sc1CNC. The summed E-state index contributed by atoms with van der Waals surface area (Å²) in [5.41, 5.74) is 1.30. The third-order valence-electron chi connectivity index (χ3n) is 3.73. The topological polar surface area (TPSA) is 28.2 Å². The van der Waals surface area contributed by atoms with Gasteiger partial charge in [0, 0.05) is 22.3 Å². The van der Waals surface area contributed by atoms with E-state index in [-0.39, 0.29) is 0 Å². The number of aryl methyl sites for hydroxylation is 1. The predicted octanol–water partition coefficient (Wildman–Crippen LogP) is 4.05. The Hall–Kier alpha value is -0.910. The minimum atomic E-state index is 0.704. The molecule has 1 saturated carbocycles. The van der Waals surface area contributed by atoms with Crippen molar-refractivity contribution in [2.45, 2.75) is 51.7 Å². The lowest BCUT2D eigenvalue weighted by Gasteiger charge is -2.20. The van der Waals surface area contributed by atoms with Crippen LogP contribution >= 0.6 is 22.7 Å². The van der Waals surface area contributed by atoms with Crippen LogP contribution in [0.5, 0.6) is 0 Å². The molecule has 0 aromatic carbocycles. The molecule has 2 aromatic rings. The van der Waals surface area contributed by atoms with E-state index < -0.39 is 0 Å². The molecular formula is C16H23N3S2. The van der Waals surface area contributed by atoms with Crippen LogP contribution in [0.1, 0.15) is 41.6 Å². The number of hydrogen-bond donors (Lipinski definition) is 1. The molecule has 0 aliphatic heterocycles. The van der Waals surface area contributed by atoms with Crippen molar-refractivity contribution in [1.29, 1.82) is 0 Å². The largest absolute Gasteiger partial charge is 0.340 e. The summed E-state index contributed by atoms with van der Waals surface area (Å²) in [6, 6.07) is 5.08. The van der Waals surface area contributed by atoms with Gasteiger partial charge in [-0.25, -0.2) is 4.98 Å². The Kier molecular flexibility index (Phi) is 4.93. The van der Waals surface area contributed by atoms with E-state index in [0.29, 0.717) is 6.04 Å². The highest BCUT2D eigenvalue weighted by molar-refractivity contribution is 7.15. The van der Waals surface area contributed by atoms with Crippen LogP contribution in [-0.2, 0) is 19.5 Å². The summed E-state index contributed by atoms with van der Waals surface area (Å²) < 4.78 is 0. The second-order valence-electron chi connectivity index (χ2n) is 5.59.